The number of hydrogen-bond acceptors (Lipinski definition) is 2. The molecule has 1 rings (SSSR count). The third kappa shape index (κ3) is 3.05. The lowest BCUT2D eigenvalue weighted by Gasteiger charge is -2.16. The number of hydrogen-bond donors (Lipinski definition) is 0. The highest BCUT2D eigenvalue weighted by atomic mass is 16.5. The SMILES string of the molecule is COC(=O)C(C)CC1C=CC=CC1. The number of carbonyl (C=O) groups is 1. The van der Waals surface area contributed by atoms with Crippen LogP contribution < -0.4 is 0 Å². The molecule has 2 atom stereocenters. The maximum atomic E-state index is 11.1. The molecule has 0 fully saturated rings. The molecule has 13 heavy (non-hydrogen) atoms. The average Bonchev–Trinajstić information content (AvgIpc) is 2.18. The maximum Gasteiger partial charge on any atom is 0.308 e. The lowest BCUT2D eigenvalue weighted by atomic mass is 9.91. The van der Waals surface area contributed by atoms with E-state index >= 15 is 0 Å². The van der Waals surface area contributed by atoms with Crippen LogP contribution in [0.3, 0.4) is 0 Å². The Morgan fingerprint density at radius 2 is 2.38 bits per heavy atom. The minimum Gasteiger partial charge on any atom is -0.469 e. The quantitative estimate of drug-likeness (QED) is 0.623. The molecule has 0 aromatic rings. The van der Waals surface area contributed by atoms with Crippen LogP contribution in [0.1, 0.15) is 19.8 Å². The predicted octanol–water partition coefficient (Wildman–Crippen LogP) is 2.32. The molecule has 1 aliphatic rings. The summed E-state index contributed by atoms with van der Waals surface area (Å²) >= 11 is 0. The van der Waals surface area contributed by atoms with Crippen molar-refractivity contribution >= 4 is 5.97 Å². The normalized spacial score (nSPS) is 22.8. The Kier molecular flexibility index (Phi) is 3.74. The van der Waals surface area contributed by atoms with E-state index in [-0.39, 0.29) is 11.9 Å². The zero-order chi connectivity index (χ0) is 9.68. The summed E-state index contributed by atoms with van der Waals surface area (Å²) in [4.78, 5) is 11.1. The molecule has 72 valence electrons. The summed E-state index contributed by atoms with van der Waals surface area (Å²) in [6, 6.07) is 0. The third-order valence-electron chi connectivity index (χ3n) is 2.33. The van der Waals surface area contributed by atoms with Gasteiger partial charge in [0.1, 0.15) is 0 Å². The molecule has 0 saturated carbocycles. The lowest BCUT2D eigenvalue weighted by molar-refractivity contribution is -0.145. The molecule has 0 aromatic carbocycles. The van der Waals surface area contributed by atoms with E-state index in [1.165, 1.54) is 7.11 Å². The molecular formula is C11H16O2. The van der Waals surface area contributed by atoms with Crippen molar-refractivity contribution in [3.8, 4) is 0 Å². The van der Waals surface area contributed by atoms with Gasteiger partial charge in [-0.2, -0.15) is 0 Å². The van der Waals surface area contributed by atoms with Gasteiger partial charge in [0.25, 0.3) is 0 Å². The van der Waals surface area contributed by atoms with Crippen molar-refractivity contribution < 1.29 is 9.53 Å². The molecular weight excluding hydrogens is 164 g/mol. The number of rotatable bonds is 3. The van der Waals surface area contributed by atoms with Gasteiger partial charge in [0.05, 0.1) is 13.0 Å². The van der Waals surface area contributed by atoms with Gasteiger partial charge >= 0.3 is 5.97 Å². The molecule has 0 heterocycles. The Balaban J connectivity index is 2.36. The fraction of sp³-hybridized carbons (Fsp3) is 0.545. The predicted molar refractivity (Wildman–Crippen MR) is 52.2 cm³/mol. The van der Waals surface area contributed by atoms with Gasteiger partial charge in [0, 0.05) is 0 Å². The minimum absolute atomic E-state index is 0.00569. The van der Waals surface area contributed by atoms with Crippen molar-refractivity contribution in [1.29, 1.82) is 0 Å². The molecule has 1 aliphatic carbocycles. The van der Waals surface area contributed by atoms with Crippen LogP contribution >= 0.6 is 0 Å². The number of methoxy groups -OCH3 is 1. The summed E-state index contributed by atoms with van der Waals surface area (Å²) < 4.78 is 4.67. The Labute approximate surface area is 79.3 Å². The maximum absolute atomic E-state index is 11.1. The van der Waals surface area contributed by atoms with Crippen molar-refractivity contribution in [2.45, 2.75) is 19.8 Å². The van der Waals surface area contributed by atoms with E-state index in [4.69, 9.17) is 0 Å². The monoisotopic (exact) mass is 180 g/mol. The van der Waals surface area contributed by atoms with Crippen molar-refractivity contribution in [2.24, 2.45) is 11.8 Å². The largest absolute Gasteiger partial charge is 0.469 e. The van der Waals surface area contributed by atoms with Crippen LogP contribution in [-0.4, -0.2) is 13.1 Å². The van der Waals surface area contributed by atoms with E-state index in [1.807, 2.05) is 19.1 Å². The standard InChI is InChI=1S/C11H16O2/c1-9(11(12)13-2)8-10-6-4-3-5-7-10/h3-6,9-10H,7-8H2,1-2H3. The van der Waals surface area contributed by atoms with Gasteiger partial charge in [-0.1, -0.05) is 31.2 Å². The first-order valence-electron chi connectivity index (χ1n) is 4.65. The second kappa shape index (κ2) is 4.85. The number of esters is 1. The zero-order valence-electron chi connectivity index (χ0n) is 8.19. The molecule has 0 radical (unpaired) electrons. The van der Waals surface area contributed by atoms with Crippen LogP contribution in [0.2, 0.25) is 0 Å². The van der Waals surface area contributed by atoms with E-state index in [0.717, 1.165) is 12.8 Å². The summed E-state index contributed by atoms with van der Waals surface area (Å²) in [7, 11) is 1.44. The topological polar surface area (TPSA) is 26.3 Å². The summed E-state index contributed by atoms with van der Waals surface area (Å²) in [6.07, 6.45) is 10.3. The zero-order valence-corrected chi connectivity index (χ0v) is 8.19. The molecule has 0 aliphatic heterocycles. The van der Waals surface area contributed by atoms with Crippen LogP contribution in [0.15, 0.2) is 24.3 Å². The Bertz CT molecular complexity index is 228. The second-order valence-corrected chi connectivity index (χ2v) is 3.47. The van der Waals surface area contributed by atoms with Crippen molar-refractivity contribution in [3.63, 3.8) is 0 Å². The first kappa shape index (κ1) is 10.0. The first-order chi connectivity index (χ1) is 6.24. The Hall–Kier alpha value is -1.05. The summed E-state index contributed by atoms with van der Waals surface area (Å²) in [5, 5.41) is 0. The third-order valence-corrected chi connectivity index (χ3v) is 2.33. The van der Waals surface area contributed by atoms with Crippen LogP contribution in [-0.2, 0) is 9.53 Å². The highest BCUT2D eigenvalue weighted by Crippen LogP contribution is 2.20. The average molecular weight is 180 g/mol. The van der Waals surface area contributed by atoms with Gasteiger partial charge in [0.2, 0.25) is 0 Å². The summed E-state index contributed by atoms with van der Waals surface area (Å²) in [5.74, 6) is 0.396. The Morgan fingerprint density at radius 3 is 2.92 bits per heavy atom. The van der Waals surface area contributed by atoms with E-state index < -0.39 is 0 Å². The van der Waals surface area contributed by atoms with E-state index in [9.17, 15) is 4.79 Å². The van der Waals surface area contributed by atoms with Crippen LogP contribution in [0, 0.1) is 11.8 Å². The van der Waals surface area contributed by atoms with Crippen molar-refractivity contribution in [1.82, 2.24) is 0 Å². The molecule has 2 nitrogen and oxygen atoms in total. The molecule has 0 saturated heterocycles. The molecule has 0 spiro atoms. The minimum atomic E-state index is -0.108. The van der Waals surface area contributed by atoms with Crippen LogP contribution in [0.25, 0.3) is 0 Å². The van der Waals surface area contributed by atoms with Gasteiger partial charge in [-0.25, -0.2) is 0 Å². The smallest absolute Gasteiger partial charge is 0.308 e. The number of allylic oxidation sites excluding steroid dienone is 4. The van der Waals surface area contributed by atoms with Gasteiger partial charge in [-0.15, -0.1) is 0 Å². The Morgan fingerprint density at radius 1 is 1.62 bits per heavy atom. The number of ether oxygens (including phenoxy) is 1. The van der Waals surface area contributed by atoms with Gasteiger partial charge < -0.3 is 4.74 Å². The molecule has 0 N–H and O–H groups in total. The highest BCUT2D eigenvalue weighted by molar-refractivity contribution is 5.71. The van der Waals surface area contributed by atoms with Crippen molar-refractivity contribution in [2.75, 3.05) is 7.11 Å². The fourth-order valence-electron chi connectivity index (χ4n) is 1.56. The highest BCUT2D eigenvalue weighted by Gasteiger charge is 2.17. The lowest BCUT2D eigenvalue weighted by Crippen LogP contribution is -2.16. The van der Waals surface area contributed by atoms with Gasteiger partial charge in [0.15, 0.2) is 0 Å². The van der Waals surface area contributed by atoms with E-state index in [0.29, 0.717) is 5.92 Å². The van der Waals surface area contributed by atoms with E-state index in [2.05, 4.69) is 16.9 Å². The van der Waals surface area contributed by atoms with Gasteiger partial charge in [-0.3, -0.25) is 4.79 Å². The molecule has 2 unspecified atom stereocenters. The first-order valence-corrected chi connectivity index (χ1v) is 4.65. The van der Waals surface area contributed by atoms with E-state index in [1.54, 1.807) is 0 Å². The second-order valence-electron chi connectivity index (χ2n) is 3.47. The molecule has 0 aromatic heterocycles. The van der Waals surface area contributed by atoms with Crippen LogP contribution in [0.5, 0.6) is 0 Å². The number of carbonyl (C=O) groups excluding carboxylic acids is 1. The van der Waals surface area contributed by atoms with Gasteiger partial charge in [-0.05, 0) is 18.8 Å². The summed E-state index contributed by atoms with van der Waals surface area (Å²) in [6.45, 7) is 1.91. The molecule has 0 bridgehead atoms. The van der Waals surface area contributed by atoms with Crippen molar-refractivity contribution in [3.05, 3.63) is 24.3 Å². The van der Waals surface area contributed by atoms with Crippen LogP contribution in [0.4, 0.5) is 0 Å². The fourth-order valence-corrected chi connectivity index (χ4v) is 1.56. The molecule has 0 amide bonds. The summed E-state index contributed by atoms with van der Waals surface area (Å²) in [5.41, 5.74) is 0. The molecule has 2 heteroatoms.